The number of carbonyl (C=O) groups excluding carboxylic acids is 1. The molecular weight excluding hydrogens is 460 g/mol. The Morgan fingerprint density at radius 2 is 1.71 bits per heavy atom. The zero-order chi connectivity index (χ0) is 24.3. The number of alkyl carbamates (subject to hydrolysis) is 1. The van der Waals surface area contributed by atoms with Crippen molar-refractivity contribution in [2.45, 2.75) is 18.8 Å². The Hall–Kier alpha value is -3.76. The molecule has 0 aromatic heterocycles. The molecular formula is C28H26N2O4S. The molecule has 6 nitrogen and oxygen atoms in total. The number of fused-ring (bicyclic) bond motifs is 3. The van der Waals surface area contributed by atoms with Crippen LogP contribution in [0.1, 0.15) is 35.4 Å². The summed E-state index contributed by atoms with van der Waals surface area (Å²) in [7, 11) is -3.22. The van der Waals surface area contributed by atoms with Crippen molar-refractivity contribution in [2.24, 2.45) is 0 Å². The van der Waals surface area contributed by atoms with Gasteiger partial charge in [-0.05, 0) is 46.9 Å². The predicted octanol–water partition coefficient (Wildman–Crippen LogP) is 4.51. The minimum Gasteiger partial charge on any atom is -0.449 e. The quantitative estimate of drug-likeness (QED) is 0.425. The van der Waals surface area contributed by atoms with Crippen LogP contribution in [0.2, 0.25) is 0 Å². The van der Waals surface area contributed by atoms with Gasteiger partial charge < -0.3 is 10.1 Å². The van der Waals surface area contributed by atoms with Crippen molar-refractivity contribution in [2.75, 3.05) is 29.8 Å². The standard InChI is InChI=1S/C28H26N2O4S/c31-28(34-20-27-25-14-3-1-12-23(25)24-13-2-4-15-26(24)27)29-16-6-5-9-21-10-7-11-22(19-21)30-17-8-18-35(30,32)33/h1-4,7,10-15,19,27H,6,8,16-18,20H2,(H,29,31). The van der Waals surface area contributed by atoms with E-state index in [1.54, 1.807) is 12.1 Å². The molecule has 5 rings (SSSR count). The first-order valence-corrected chi connectivity index (χ1v) is 13.3. The van der Waals surface area contributed by atoms with Crippen LogP contribution in [0.15, 0.2) is 72.8 Å². The molecule has 0 unspecified atom stereocenters. The third-order valence-corrected chi connectivity index (χ3v) is 8.20. The maximum atomic E-state index is 12.3. The summed E-state index contributed by atoms with van der Waals surface area (Å²) in [4.78, 5) is 12.3. The number of nitrogens with zero attached hydrogens (tertiary/aromatic N) is 1. The van der Waals surface area contributed by atoms with Crippen molar-refractivity contribution in [3.63, 3.8) is 0 Å². The maximum Gasteiger partial charge on any atom is 0.407 e. The van der Waals surface area contributed by atoms with Crippen LogP contribution in [0.4, 0.5) is 10.5 Å². The fourth-order valence-electron chi connectivity index (χ4n) is 4.71. The molecule has 178 valence electrons. The Kier molecular flexibility index (Phi) is 6.47. The lowest BCUT2D eigenvalue weighted by Crippen LogP contribution is -2.26. The second-order valence-corrected chi connectivity index (χ2v) is 10.6. The fourth-order valence-corrected chi connectivity index (χ4v) is 6.27. The Morgan fingerprint density at radius 1 is 1.00 bits per heavy atom. The molecule has 0 saturated carbocycles. The smallest absolute Gasteiger partial charge is 0.407 e. The number of anilines is 1. The van der Waals surface area contributed by atoms with E-state index in [1.807, 2.05) is 36.4 Å². The van der Waals surface area contributed by atoms with Crippen LogP contribution in [0.5, 0.6) is 0 Å². The second-order valence-electron chi connectivity index (χ2n) is 8.60. The average molecular weight is 487 g/mol. The van der Waals surface area contributed by atoms with Gasteiger partial charge in [-0.15, -0.1) is 0 Å². The predicted molar refractivity (Wildman–Crippen MR) is 137 cm³/mol. The topological polar surface area (TPSA) is 75.7 Å². The van der Waals surface area contributed by atoms with Crippen molar-refractivity contribution in [3.8, 4) is 23.0 Å². The van der Waals surface area contributed by atoms with Crippen LogP contribution in [0.25, 0.3) is 11.1 Å². The van der Waals surface area contributed by atoms with Crippen molar-refractivity contribution in [1.82, 2.24) is 5.32 Å². The molecule has 1 aliphatic carbocycles. The summed E-state index contributed by atoms with van der Waals surface area (Å²) in [5, 5.41) is 2.76. The minimum absolute atomic E-state index is 0.0274. The second kappa shape index (κ2) is 9.85. The van der Waals surface area contributed by atoms with E-state index in [-0.39, 0.29) is 18.3 Å². The number of ether oxygens (including phenoxy) is 1. The van der Waals surface area contributed by atoms with Crippen molar-refractivity contribution in [1.29, 1.82) is 0 Å². The van der Waals surface area contributed by atoms with E-state index in [1.165, 1.54) is 26.6 Å². The van der Waals surface area contributed by atoms with Crippen molar-refractivity contribution >= 4 is 21.8 Å². The molecule has 1 aliphatic heterocycles. The lowest BCUT2D eigenvalue weighted by Gasteiger charge is -2.16. The van der Waals surface area contributed by atoms with Gasteiger partial charge in [0.05, 0.1) is 11.4 Å². The van der Waals surface area contributed by atoms with Gasteiger partial charge in [0.2, 0.25) is 10.0 Å². The van der Waals surface area contributed by atoms with Crippen molar-refractivity contribution < 1.29 is 17.9 Å². The number of sulfonamides is 1. The lowest BCUT2D eigenvalue weighted by molar-refractivity contribution is 0.143. The first kappa shape index (κ1) is 23.0. The SMILES string of the molecule is O=C(NCCC#Cc1cccc(N2CCCS2(=O)=O)c1)OCC1c2ccccc2-c2ccccc21. The van der Waals surface area contributed by atoms with Gasteiger partial charge in [0.25, 0.3) is 0 Å². The molecule has 1 N–H and O–H groups in total. The first-order valence-electron chi connectivity index (χ1n) is 11.7. The molecule has 1 amide bonds. The van der Waals surface area contributed by atoms with Crippen LogP contribution >= 0.6 is 0 Å². The normalized spacial score (nSPS) is 15.6. The lowest BCUT2D eigenvalue weighted by atomic mass is 9.98. The zero-order valence-corrected chi connectivity index (χ0v) is 20.1. The van der Waals surface area contributed by atoms with Gasteiger partial charge in [-0.1, -0.05) is 66.4 Å². The molecule has 0 spiro atoms. The third-order valence-electron chi connectivity index (χ3n) is 6.33. The molecule has 0 radical (unpaired) electrons. The highest BCUT2D eigenvalue weighted by Crippen LogP contribution is 2.44. The molecule has 1 heterocycles. The summed E-state index contributed by atoms with van der Waals surface area (Å²) < 4.78 is 31.2. The molecule has 3 aromatic rings. The Balaban J connectivity index is 1.12. The largest absolute Gasteiger partial charge is 0.449 e. The van der Waals surface area contributed by atoms with Gasteiger partial charge in [-0.3, -0.25) is 4.31 Å². The van der Waals surface area contributed by atoms with Gasteiger partial charge in [0.1, 0.15) is 6.61 Å². The third kappa shape index (κ3) is 4.89. The molecule has 35 heavy (non-hydrogen) atoms. The van der Waals surface area contributed by atoms with Crippen LogP contribution in [-0.2, 0) is 14.8 Å². The van der Waals surface area contributed by atoms with Gasteiger partial charge >= 0.3 is 6.09 Å². The van der Waals surface area contributed by atoms with Gasteiger partial charge in [0.15, 0.2) is 0 Å². The molecule has 3 aromatic carbocycles. The highest BCUT2D eigenvalue weighted by molar-refractivity contribution is 7.93. The number of carbonyl (C=O) groups is 1. The number of rotatable bonds is 5. The monoisotopic (exact) mass is 486 g/mol. The van der Waals surface area contributed by atoms with E-state index >= 15 is 0 Å². The molecule has 2 aliphatic rings. The summed E-state index contributed by atoms with van der Waals surface area (Å²) in [6.45, 7) is 1.14. The summed E-state index contributed by atoms with van der Waals surface area (Å²) in [6, 6.07) is 23.7. The Morgan fingerprint density at radius 3 is 2.40 bits per heavy atom. The van der Waals surface area contributed by atoms with Gasteiger partial charge in [0, 0.05) is 31.0 Å². The summed E-state index contributed by atoms with van der Waals surface area (Å²) in [5.74, 6) is 6.29. The summed E-state index contributed by atoms with van der Waals surface area (Å²) in [5.41, 5.74) is 6.13. The van der Waals surface area contributed by atoms with E-state index in [0.29, 0.717) is 31.6 Å². The fraction of sp³-hybridized carbons (Fsp3) is 0.250. The molecule has 0 atom stereocenters. The van der Waals surface area contributed by atoms with Crippen LogP contribution in [-0.4, -0.2) is 40.0 Å². The number of benzene rings is 3. The van der Waals surface area contributed by atoms with Gasteiger partial charge in [-0.25, -0.2) is 13.2 Å². The zero-order valence-electron chi connectivity index (χ0n) is 19.2. The van der Waals surface area contributed by atoms with Gasteiger partial charge in [-0.2, -0.15) is 0 Å². The minimum atomic E-state index is -3.22. The molecule has 7 heteroatoms. The van der Waals surface area contributed by atoms with Crippen molar-refractivity contribution in [3.05, 3.63) is 89.5 Å². The summed E-state index contributed by atoms with van der Waals surface area (Å²) in [6.07, 6.45) is 0.630. The molecule has 0 bridgehead atoms. The van der Waals surface area contributed by atoms with E-state index in [2.05, 4.69) is 41.4 Å². The Bertz CT molecular complexity index is 1380. The number of hydrogen-bond acceptors (Lipinski definition) is 4. The number of amides is 1. The maximum absolute atomic E-state index is 12.3. The molecule has 1 fully saturated rings. The highest BCUT2D eigenvalue weighted by Gasteiger charge is 2.29. The molecule has 1 saturated heterocycles. The van der Waals surface area contributed by atoms with E-state index in [0.717, 1.165) is 5.56 Å². The van der Waals surface area contributed by atoms with E-state index in [4.69, 9.17) is 4.74 Å². The Labute approximate surface area is 206 Å². The first-order chi connectivity index (χ1) is 17.0. The van der Waals surface area contributed by atoms with E-state index < -0.39 is 16.1 Å². The van der Waals surface area contributed by atoms with E-state index in [9.17, 15) is 13.2 Å². The number of nitrogens with one attached hydrogen (secondary N) is 1. The highest BCUT2D eigenvalue weighted by atomic mass is 32.2. The summed E-state index contributed by atoms with van der Waals surface area (Å²) >= 11 is 0. The number of hydrogen-bond donors (Lipinski definition) is 1. The average Bonchev–Trinajstić information content (AvgIpc) is 3.39. The van der Waals surface area contributed by atoms with Crippen LogP contribution in [0, 0.1) is 11.8 Å². The van der Waals surface area contributed by atoms with Crippen LogP contribution < -0.4 is 9.62 Å². The van der Waals surface area contributed by atoms with Crippen LogP contribution in [0.3, 0.4) is 0 Å².